The largest absolute Gasteiger partial charge is 0.310 e. The summed E-state index contributed by atoms with van der Waals surface area (Å²) < 4.78 is 49.7. The molecule has 0 heterocycles. The van der Waals surface area contributed by atoms with Gasteiger partial charge < -0.3 is 5.32 Å². The van der Waals surface area contributed by atoms with Crippen LogP contribution in [0.5, 0.6) is 0 Å². The number of nitrogens with zero attached hydrogens (tertiary/aromatic N) is 1. The van der Waals surface area contributed by atoms with Gasteiger partial charge in [-0.3, -0.25) is 0 Å². The minimum absolute atomic E-state index is 0.00412. The number of alkyl halides is 2. The van der Waals surface area contributed by atoms with Crippen LogP contribution in [-0.2, 0) is 10.0 Å². The van der Waals surface area contributed by atoms with Crippen molar-refractivity contribution in [1.29, 1.82) is 0 Å². The van der Waals surface area contributed by atoms with E-state index in [4.69, 9.17) is 0 Å². The van der Waals surface area contributed by atoms with Crippen LogP contribution in [0.15, 0.2) is 29.2 Å². The summed E-state index contributed by atoms with van der Waals surface area (Å²) in [4.78, 5) is 0.0305. The fraction of sp³-hybridized carbons (Fsp3) is 0.538. The van der Waals surface area contributed by atoms with Gasteiger partial charge >= 0.3 is 0 Å². The summed E-state index contributed by atoms with van der Waals surface area (Å²) in [6.45, 7) is 3.81. The highest BCUT2D eigenvalue weighted by molar-refractivity contribution is 7.89. The average molecular weight is 306 g/mol. The molecule has 1 rings (SSSR count). The Kier molecular flexibility index (Phi) is 6.04. The molecule has 0 aliphatic heterocycles. The molecule has 0 saturated heterocycles. The van der Waals surface area contributed by atoms with E-state index in [0.29, 0.717) is 4.31 Å². The molecule has 0 aliphatic carbocycles. The lowest BCUT2D eigenvalue weighted by Crippen LogP contribution is -2.31. The SMILES string of the molecule is CCNC(C)c1cccc(S(=O)(=O)N(C)CC(F)F)c1. The molecule has 1 aromatic rings. The normalized spacial score (nSPS) is 13.9. The number of sulfonamides is 1. The van der Waals surface area contributed by atoms with Gasteiger partial charge in [-0.25, -0.2) is 17.2 Å². The molecule has 7 heteroatoms. The van der Waals surface area contributed by atoms with Crippen LogP contribution in [0, 0.1) is 0 Å². The number of hydrogen-bond donors (Lipinski definition) is 1. The molecular formula is C13H20F2N2O2S. The first-order valence-electron chi connectivity index (χ1n) is 6.36. The van der Waals surface area contributed by atoms with Gasteiger partial charge in [0.25, 0.3) is 6.43 Å². The van der Waals surface area contributed by atoms with Crippen LogP contribution in [0.4, 0.5) is 8.78 Å². The van der Waals surface area contributed by atoms with Crippen molar-refractivity contribution in [2.24, 2.45) is 0 Å². The van der Waals surface area contributed by atoms with E-state index in [2.05, 4.69) is 5.32 Å². The molecule has 1 N–H and O–H groups in total. The Hall–Kier alpha value is -1.05. The lowest BCUT2D eigenvalue weighted by Gasteiger charge is -2.18. The lowest BCUT2D eigenvalue weighted by molar-refractivity contribution is 0.126. The summed E-state index contributed by atoms with van der Waals surface area (Å²) in [5, 5.41) is 3.17. The maximum Gasteiger partial charge on any atom is 0.252 e. The van der Waals surface area contributed by atoms with E-state index >= 15 is 0 Å². The van der Waals surface area contributed by atoms with Crippen LogP contribution >= 0.6 is 0 Å². The molecule has 0 saturated carbocycles. The predicted molar refractivity (Wildman–Crippen MR) is 74.4 cm³/mol. The quantitative estimate of drug-likeness (QED) is 0.840. The molecule has 0 fully saturated rings. The Morgan fingerprint density at radius 1 is 1.35 bits per heavy atom. The Morgan fingerprint density at radius 3 is 2.55 bits per heavy atom. The van der Waals surface area contributed by atoms with Crippen molar-refractivity contribution in [1.82, 2.24) is 9.62 Å². The predicted octanol–water partition coefficient (Wildman–Crippen LogP) is 2.24. The number of nitrogens with one attached hydrogen (secondary N) is 1. The minimum atomic E-state index is -3.88. The second-order valence-electron chi connectivity index (χ2n) is 4.53. The Balaban J connectivity index is 3.04. The van der Waals surface area contributed by atoms with Crippen molar-refractivity contribution in [2.75, 3.05) is 20.1 Å². The molecule has 1 aromatic carbocycles. The second-order valence-corrected chi connectivity index (χ2v) is 6.57. The molecule has 114 valence electrons. The molecule has 20 heavy (non-hydrogen) atoms. The molecular weight excluding hydrogens is 286 g/mol. The molecule has 0 spiro atoms. The summed E-state index contributed by atoms with van der Waals surface area (Å²) >= 11 is 0. The molecule has 0 aromatic heterocycles. The van der Waals surface area contributed by atoms with Crippen molar-refractivity contribution in [3.05, 3.63) is 29.8 Å². The van der Waals surface area contributed by atoms with E-state index < -0.39 is 23.0 Å². The first-order valence-corrected chi connectivity index (χ1v) is 7.80. The third kappa shape index (κ3) is 4.22. The molecule has 0 aliphatic rings. The maximum atomic E-state index is 12.3. The van der Waals surface area contributed by atoms with E-state index in [1.165, 1.54) is 12.1 Å². The number of rotatable bonds is 7. The van der Waals surface area contributed by atoms with E-state index in [1.807, 2.05) is 13.8 Å². The fourth-order valence-corrected chi connectivity index (χ4v) is 3.05. The van der Waals surface area contributed by atoms with Gasteiger partial charge in [-0.2, -0.15) is 4.31 Å². The number of benzene rings is 1. The van der Waals surface area contributed by atoms with Crippen LogP contribution in [0.3, 0.4) is 0 Å². The zero-order chi connectivity index (χ0) is 15.3. The number of halogens is 2. The molecule has 0 bridgehead atoms. The van der Waals surface area contributed by atoms with Gasteiger partial charge in [-0.05, 0) is 31.2 Å². The smallest absolute Gasteiger partial charge is 0.252 e. The van der Waals surface area contributed by atoms with Gasteiger partial charge in [-0.15, -0.1) is 0 Å². The third-order valence-corrected chi connectivity index (χ3v) is 4.79. The average Bonchev–Trinajstić information content (AvgIpc) is 2.38. The van der Waals surface area contributed by atoms with Gasteiger partial charge in [-0.1, -0.05) is 19.1 Å². The van der Waals surface area contributed by atoms with E-state index in [0.717, 1.165) is 19.2 Å². The molecule has 1 unspecified atom stereocenters. The minimum Gasteiger partial charge on any atom is -0.310 e. The summed E-state index contributed by atoms with van der Waals surface area (Å²) in [6, 6.07) is 6.35. The molecule has 0 amide bonds. The van der Waals surface area contributed by atoms with Crippen LogP contribution < -0.4 is 5.32 Å². The van der Waals surface area contributed by atoms with E-state index in [1.54, 1.807) is 12.1 Å². The van der Waals surface area contributed by atoms with Gasteiger partial charge in [0.2, 0.25) is 10.0 Å². The maximum absolute atomic E-state index is 12.3. The molecule has 0 radical (unpaired) electrons. The first kappa shape index (κ1) is 17.0. The molecule has 1 atom stereocenters. The first-order chi connectivity index (χ1) is 9.28. The zero-order valence-electron chi connectivity index (χ0n) is 11.8. The van der Waals surface area contributed by atoms with Crippen LogP contribution in [0.2, 0.25) is 0 Å². The Labute approximate surface area is 118 Å². The Morgan fingerprint density at radius 2 is 2.00 bits per heavy atom. The standard InChI is InChI=1S/C13H20F2N2O2S/c1-4-16-10(2)11-6-5-7-12(8-11)20(18,19)17(3)9-13(14)15/h5-8,10,13,16H,4,9H2,1-3H3. The monoisotopic (exact) mass is 306 g/mol. The molecule has 4 nitrogen and oxygen atoms in total. The topological polar surface area (TPSA) is 49.4 Å². The zero-order valence-corrected chi connectivity index (χ0v) is 12.6. The summed E-state index contributed by atoms with van der Waals surface area (Å²) in [5.74, 6) is 0. The Bertz CT molecular complexity index is 535. The fourth-order valence-electron chi connectivity index (χ4n) is 1.84. The van der Waals surface area contributed by atoms with Gasteiger partial charge in [0.05, 0.1) is 11.4 Å². The van der Waals surface area contributed by atoms with Crippen LogP contribution in [0.25, 0.3) is 0 Å². The van der Waals surface area contributed by atoms with Crippen molar-refractivity contribution in [3.8, 4) is 0 Å². The van der Waals surface area contributed by atoms with E-state index in [-0.39, 0.29) is 10.9 Å². The van der Waals surface area contributed by atoms with Crippen LogP contribution in [-0.4, -0.2) is 39.3 Å². The van der Waals surface area contributed by atoms with Crippen molar-refractivity contribution in [3.63, 3.8) is 0 Å². The number of hydrogen-bond acceptors (Lipinski definition) is 3. The van der Waals surface area contributed by atoms with Crippen LogP contribution in [0.1, 0.15) is 25.5 Å². The van der Waals surface area contributed by atoms with Gasteiger partial charge in [0, 0.05) is 13.1 Å². The second kappa shape index (κ2) is 7.10. The summed E-state index contributed by atoms with van der Waals surface area (Å²) in [7, 11) is -2.72. The van der Waals surface area contributed by atoms with Crippen molar-refractivity contribution < 1.29 is 17.2 Å². The van der Waals surface area contributed by atoms with Crippen molar-refractivity contribution >= 4 is 10.0 Å². The summed E-state index contributed by atoms with van der Waals surface area (Å²) in [5.41, 5.74) is 0.804. The van der Waals surface area contributed by atoms with Gasteiger partial charge in [0.15, 0.2) is 0 Å². The third-order valence-electron chi connectivity index (χ3n) is 2.97. The summed E-state index contributed by atoms with van der Waals surface area (Å²) in [6.07, 6.45) is -2.70. The van der Waals surface area contributed by atoms with Gasteiger partial charge in [0.1, 0.15) is 0 Å². The van der Waals surface area contributed by atoms with E-state index in [9.17, 15) is 17.2 Å². The highest BCUT2D eigenvalue weighted by atomic mass is 32.2. The highest BCUT2D eigenvalue weighted by Gasteiger charge is 2.24. The lowest BCUT2D eigenvalue weighted by atomic mass is 10.1. The highest BCUT2D eigenvalue weighted by Crippen LogP contribution is 2.20. The van der Waals surface area contributed by atoms with Crippen molar-refractivity contribution in [2.45, 2.75) is 31.2 Å².